The highest BCUT2D eigenvalue weighted by atomic mass is 32.1. The summed E-state index contributed by atoms with van der Waals surface area (Å²) in [5.74, 6) is -0.714. The summed E-state index contributed by atoms with van der Waals surface area (Å²) in [6.45, 7) is 0.678. The maximum absolute atomic E-state index is 12.9. The van der Waals surface area contributed by atoms with Gasteiger partial charge in [0.1, 0.15) is 16.9 Å². The number of aryl methyl sites for hydroxylation is 1. The molecular weight excluding hydrogens is 391 g/mol. The van der Waals surface area contributed by atoms with E-state index in [1.54, 1.807) is 0 Å². The minimum Gasteiger partial charge on any atom is -0.329 e. The Hall–Kier alpha value is -2.76. The minimum absolute atomic E-state index is 0.154. The third-order valence-electron chi connectivity index (χ3n) is 4.91. The highest BCUT2D eigenvalue weighted by Gasteiger charge is 2.22. The van der Waals surface area contributed by atoms with Crippen molar-refractivity contribution in [3.8, 4) is 6.07 Å². The van der Waals surface area contributed by atoms with E-state index >= 15 is 0 Å². The van der Waals surface area contributed by atoms with Gasteiger partial charge in [0.15, 0.2) is 6.54 Å². The molecule has 0 aliphatic heterocycles. The van der Waals surface area contributed by atoms with Gasteiger partial charge in [-0.1, -0.05) is 0 Å². The van der Waals surface area contributed by atoms with Gasteiger partial charge in [0, 0.05) is 10.6 Å². The fourth-order valence-electron chi connectivity index (χ4n) is 3.39. The van der Waals surface area contributed by atoms with Crippen molar-refractivity contribution < 1.29 is 18.9 Å². The number of nitriles is 1. The lowest BCUT2D eigenvalue weighted by atomic mass is 9.96. The van der Waals surface area contributed by atoms with Crippen molar-refractivity contribution >= 4 is 33.8 Å². The average Bonchev–Trinajstić information content (AvgIpc) is 3.05. The lowest BCUT2D eigenvalue weighted by molar-refractivity contribution is -0.870. The van der Waals surface area contributed by atoms with Crippen LogP contribution in [0.1, 0.15) is 35.3 Å². The van der Waals surface area contributed by atoms with Crippen molar-refractivity contribution in [2.45, 2.75) is 32.1 Å². The lowest BCUT2D eigenvalue weighted by Crippen LogP contribution is -3.10. The molecule has 1 unspecified atom stereocenters. The van der Waals surface area contributed by atoms with Gasteiger partial charge in [-0.05, 0) is 55.5 Å². The topological polar surface area (TPSA) is 86.4 Å². The van der Waals surface area contributed by atoms with Crippen LogP contribution in [0.5, 0.6) is 0 Å². The second-order valence-electron chi connectivity index (χ2n) is 7.26. The predicted molar refractivity (Wildman–Crippen MR) is 111 cm³/mol. The number of fused-ring (bicyclic) bond motifs is 1. The van der Waals surface area contributed by atoms with Crippen LogP contribution in [0, 0.1) is 17.1 Å². The molecule has 1 aromatic heterocycles. The predicted octanol–water partition coefficient (Wildman–Crippen LogP) is 2.12. The Bertz CT molecular complexity index is 933. The van der Waals surface area contributed by atoms with Gasteiger partial charge < -0.3 is 15.5 Å². The molecule has 1 aliphatic rings. The van der Waals surface area contributed by atoms with Crippen molar-refractivity contribution in [1.29, 1.82) is 5.26 Å². The highest BCUT2D eigenvalue weighted by Crippen LogP contribution is 2.37. The van der Waals surface area contributed by atoms with Crippen LogP contribution >= 0.6 is 11.3 Å². The van der Waals surface area contributed by atoms with Gasteiger partial charge in [-0.25, -0.2) is 4.39 Å². The fourth-order valence-corrected chi connectivity index (χ4v) is 4.65. The van der Waals surface area contributed by atoms with E-state index in [-0.39, 0.29) is 30.6 Å². The zero-order chi connectivity index (χ0) is 20.8. The number of quaternary nitrogens is 1. The quantitative estimate of drug-likeness (QED) is 0.647. The first kappa shape index (κ1) is 21.0. The second-order valence-corrected chi connectivity index (χ2v) is 8.37. The molecule has 1 aromatic carbocycles. The summed E-state index contributed by atoms with van der Waals surface area (Å²) in [6.07, 6.45) is 4.34. The molecule has 0 radical (unpaired) electrons. The molecule has 3 rings (SSSR count). The van der Waals surface area contributed by atoms with E-state index in [0.29, 0.717) is 22.8 Å². The zero-order valence-electron chi connectivity index (χ0n) is 16.3. The molecule has 3 N–H and O–H groups in total. The van der Waals surface area contributed by atoms with Crippen molar-refractivity contribution in [3.63, 3.8) is 0 Å². The van der Waals surface area contributed by atoms with Crippen LogP contribution in [-0.4, -0.2) is 32.0 Å². The standard InChI is InChI=1S/C21H23FN4O2S/c1-26(13-20(28)24-15-8-6-14(22)7-9-15)11-10-19(27)25-21-17(12-23)16-4-2-3-5-18(16)29-21/h6-9H,2-5,10-11,13H2,1H3,(H,24,28)(H,25,27)/p+1. The molecule has 29 heavy (non-hydrogen) atoms. The molecule has 6 nitrogen and oxygen atoms in total. The lowest BCUT2D eigenvalue weighted by Gasteiger charge is -2.13. The Morgan fingerprint density at radius 3 is 2.62 bits per heavy atom. The third kappa shape index (κ3) is 5.62. The number of carbonyl (C=O) groups excluding carboxylic acids is 2. The van der Waals surface area contributed by atoms with E-state index in [0.717, 1.165) is 36.1 Å². The van der Waals surface area contributed by atoms with Gasteiger partial charge in [-0.2, -0.15) is 5.26 Å². The SMILES string of the molecule is C[NH+](CCC(=O)Nc1sc2c(c1C#N)CCCC2)CC(=O)Nc1ccc(F)cc1. The van der Waals surface area contributed by atoms with Crippen LogP contribution < -0.4 is 15.5 Å². The first-order valence-corrected chi connectivity index (χ1v) is 10.5. The Morgan fingerprint density at radius 2 is 1.90 bits per heavy atom. The first-order chi connectivity index (χ1) is 14.0. The Labute approximate surface area is 173 Å². The minimum atomic E-state index is -0.358. The first-order valence-electron chi connectivity index (χ1n) is 9.67. The largest absolute Gasteiger partial charge is 0.329 e. The molecule has 1 aliphatic carbocycles. The van der Waals surface area contributed by atoms with Gasteiger partial charge in [0.05, 0.1) is 25.6 Å². The smallest absolute Gasteiger partial charge is 0.279 e. The van der Waals surface area contributed by atoms with Crippen LogP contribution in [-0.2, 0) is 22.4 Å². The van der Waals surface area contributed by atoms with E-state index < -0.39 is 0 Å². The van der Waals surface area contributed by atoms with Crippen molar-refractivity contribution in [3.05, 3.63) is 46.1 Å². The summed E-state index contributed by atoms with van der Waals surface area (Å²) < 4.78 is 12.9. The molecule has 2 aromatic rings. The van der Waals surface area contributed by atoms with Gasteiger partial charge in [0.2, 0.25) is 5.91 Å². The van der Waals surface area contributed by atoms with Gasteiger partial charge >= 0.3 is 0 Å². The number of carbonyl (C=O) groups is 2. The molecule has 0 bridgehead atoms. The monoisotopic (exact) mass is 415 g/mol. The van der Waals surface area contributed by atoms with Crippen molar-refractivity contribution in [2.75, 3.05) is 30.8 Å². The molecule has 0 spiro atoms. The summed E-state index contributed by atoms with van der Waals surface area (Å²) in [7, 11) is 1.84. The van der Waals surface area contributed by atoms with E-state index in [9.17, 15) is 19.2 Å². The van der Waals surface area contributed by atoms with Gasteiger partial charge in [-0.3, -0.25) is 9.59 Å². The number of hydrogen-bond donors (Lipinski definition) is 3. The number of anilines is 2. The second kappa shape index (κ2) is 9.63. The Balaban J connectivity index is 1.47. The van der Waals surface area contributed by atoms with Crippen LogP contribution in [0.3, 0.4) is 0 Å². The summed E-state index contributed by atoms with van der Waals surface area (Å²) in [5.41, 5.74) is 2.24. The summed E-state index contributed by atoms with van der Waals surface area (Å²) >= 11 is 1.51. The average molecular weight is 416 g/mol. The number of halogens is 1. The summed E-state index contributed by atoms with van der Waals surface area (Å²) in [5, 5.41) is 15.7. The van der Waals surface area contributed by atoms with Crippen LogP contribution in [0.25, 0.3) is 0 Å². The highest BCUT2D eigenvalue weighted by molar-refractivity contribution is 7.16. The number of likely N-dealkylation sites (N-methyl/N-ethyl adjacent to an activating group) is 1. The summed E-state index contributed by atoms with van der Waals surface area (Å²) in [6, 6.07) is 7.82. The molecule has 1 heterocycles. The van der Waals surface area contributed by atoms with E-state index in [2.05, 4.69) is 16.7 Å². The van der Waals surface area contributed by atoms with E-state index in [1.165, 1.54) is 40.5 Å². The molecule has 0 saturated heterocycles. The number of benzene rings is 1. The van der Waals surface area contributed by atoms with Gasteiger partial charge in [-0.15, -0.1) is 11.3 Å². The van der Waals surface area contributed by atoms with E-state index in [1.807, 2.05) is 7.05 Å². The Morgan fingerprint density at radius 1 is 1.17 bits per heavy atom. The number of nitrogens with zero attached hydrogens (tertiary/aromatic N) is 1. The Kier molecular flexibility index (Phi) is 6.96. The maximum atomic E-state index is 12.9. The number of hydrogen-bond acceptors (Lipinski definition) is 4. The molecule has 152 valence electrons. The fraction of sp³-hybridized carbons (Fsp3) is 0.381. The normalized spacial score (nSPS) is 13.8. The number of rotatable bonds is 7. The maximum Gasteiger partial charge on any atom is 0.279 e. The molecule has 1 atom stereocenters. The third-order valence-corrected chi connectivity index (χ3v) is 6.11. The van der Waals surface area contributed by atoms with Gasteiger partial charge in [0.25, 0.3) is 5.91 Å². The zero-order valence-corrected chi connectivity index (χ0v) is 17.1. The van der Waals surface area contributed by atoms with Crippen LogP contribution in [0.15, 0.2) is 24.3 Å². The number of thiophene rings is 1. The molecular formula is C21H24FN4O2S+. The molecule has 0 saturated carbocycles. The summed E-state index contributed by atoms with van der Waals surface area (Å²) in [4.78, 5) is 26.5. The van der Waals surface area contributed by atoms with Crippen LogP contribution in [0.2, 0.25) is 0 Å². The van der Waals surface area contributed by atoms with Crippen molar-refractivity contribution in [2.24, 2.45) is 0 Å². The van der Waals surface area contributed by atoms with E-state index in [4.69, 9.17) is 0 Å². The number of nitrogens with one attached hydrogen (secondary N) is 3. The molecule has 8 heteroatoms. The molecule has 2 amide bonds. The number of amides is 2. The van der Waals surface area contributed by atoms with Crippen LogP contribution in [0.4, 0.5) is 15.1 Å². The molecule has 0 fully saturated rings. The van der Waals surface area contributed by atoms with Crippen molar-refractivity contribution in [1.82, 2.24) is 0 Å².